The predicted molar refractivity (Wildman–Crippen MR) is 70.8 cm³/mol. The highest BCUT2D eigenvalue weighted by atomic mass is 19.4. The van der Waals surface area contributed by atoms with E-state index in [1.165, 1.54) is 32.4 Å². The Bertz CT molecular complexity index is 777. The monoisotopic (exact) mass is 316 g/mol. The van der Waals surface area contributed by atoms with Gasteiger partial charge in [0.15, 0.2) is 11.5 Å². The first kappa shape index (κ1) is 15.7. The van der Waals surface area contributed by atoms with Crippen LogP contribution in [0.4, 0.5) is 13.2 Å². The summed E-state index contributed by atoms with van der Waals surface area (Å²) in [6.45, 7) is 0. The molecule has 0 saturated carbocycles. The van der Waals surface area contributed by atoms with Crippen LogP contribution in [0.25, 0.3) is 5.69 Å². The second-order valence-corrected chi connectivity index (χ2v) is 4.20. The van der Waals surface area contributed by atoms with Crippen LogP contribution in [0.15, 0.2) is 33.9 Å². The number of alkyl halides is 3. The van der Waals surface area contributed by atoms with Crippen molar-refractivity contribution in [1.82, 2.24) is 9.55 Å². The predicted octanol–water partition coefficient (Wildman–Crippen LogP) is 1.56. The van der Waals surface area contributed by atoms with Gasteiger partial charge in [-0.05, 0) is 12.1 Å². The molecule has 0 fully saturated rings. The average molecular weight is 316 g/mol. The molecule has 6 nitrogen and oxygen atoms in total. The lowest BCUT2D eigenvalue weighted by Crippen LogP contribution is -2.35. The fourth-order valence-electron chi connectivity index (χ4n) is 1.86. The summed E-state index contributed by atoms with van der Waals surface area (Å²) in [7, 11) is 2.75. The van der Waals surface area contributed by atoms with Gasteiger partial charge in [0.25, 0.3) is 5.56 Å². The molecule has 118 valence electrons. The smallest absolute Gasteiger partial charge is 0.431 e. The largest absolute Gasteiger partial charge is 0.493 e. The molecule has 0 amide bonds. The molecule has 2 rings (SSSR count). The molecular formula is C13H11F3N2O4. The number of rotatable bonds is 3. The van der Waals surface area contributed by atoms with E-state index in [4.69, 9.17) is 9.47 Å². The standard InChI is InChI=1S/C13H11F3N2O4/c1-21-8-4-3-7(5-9(8)22-2)18-11(19)6-10(13(14,15)16)17-12(18)20/h3-6H,1-2H3,(H,17,20). The normalized spacial score (nSPS) is 11.3. The topological polar surface area (TPSA) is 73.3 Å². The zero-order chi connectivity index (χ0) is 16.5. The number of nitrogens with zero attached hydrogens (tertiary/aromatic N) is 1. The van der Waals surface area contributed by atoms with Gasteiger partial charge in [-0.15, -0.1) is 0 Å². The summed E-state index contributed by atoms with van der Waals surface area (Å²) < 4.78 is 48.2. The molecule has 1 heterocycles. The Labute approximate surface area is 121 Å². The number of aromatic nitrogens is 2. The molecule has 1 N–H and O–H groups in total. The van der Waals surface area contributed by atoms with Crippen molar-refractivity contribution in [3.63, 3.8) is 0 Å². The first-order chi connectivity index (χ1) is 10.3. The van der Waals surface area contributed by atoms with E-state index >= 15 is 0 Å². The minimum atomic E-state index is -4.81. The summed E-state index contributed by atoms with van der Waals surface area (Å²) in [6, 6.07) is 4.41. The molecule has 22 heavy (non-hydrogen) atoms. The van der Waals surface area contributed by atoms with Gasteiger partial charge in [0.2, 0.25) is 0 Å². The molecule has 0 bridgehead atoms. The van der Waals surface area contributed by atoms with Gasteiger partial charge in [-0.25, -0.2) is 9.36 Å². The van der Waals surface area contributed by atoms with Crippen LogP contribution >= 0.6 is 0 Å². The van der Waals surface area contributed by atoms with E-state index in [1.54, 1.807) is 4.98 Å². The van der Waals surface area contributed by atoms with Gasteiger partial charge in [0.05, 0.1) is 19.9 Å². The SMILES string of the molecule is COc1ccc(-n2c(=O)cc(C(F)(F)F)[nH]c2=O)cc1OC. The molecule has 0 unspecified atom stereocenters. The molecule has 1 aromatic carbocycles. The van der Waals surface area contributed by atoms with E-state index in [-0.39, 0.29) is 11.4 Å². The molecule has 0 aliphatic heterocycles. The van der Waals surface area contributed by atoms with Gasteiger partial charge < -0.3 is 14.5 Å². The van der Waals surface area contributed by atoms with Crippen LogP contribution in [0.3, 0.4) is 0 Å². The van der Waals surface area contributed by atoms with E-state index in [0.29, 0.717) is 16.4 Å². The second-order valence-electron chi connectivity index (χ2n) is 4.20. The van der Waals surface area contributed by atoms with Crippen LogP contribution in [-0.2, 0) is 6.18 Å². The highest BCUT2D eigenvalue weighted by Crippen LogP contribution is 2.29. The van der Waals surface area contributed by atoms with Crippen molar-refractivity contribution < 1.29 is 22.6 Å². The third-order valence-electron chi connectivity index (χ3n) is 2.86. The number of methoxy groups -OCH3 is 2. The van der Waals surface area contributed by atoms with Crippen molar-refractivity contribution in [2.24, 2.45) is 0 Å². The van der Waals surface area contributed by atoms with Gasteiger partial charge in [-0.1, -0.05) is 0 Å². The average Bonchev–Trinajstić information content (AvgIpc) is 2.45. The van der Waals surface area contributed by atoms with Crippen molar-refractivity contribution in [2.45, 2.75) is 6.18 Å². The van der Waals surface area contributed by atoms with Crippen molar-refractivity contribution in [1.29, 1.82) is 0 Å². The van der Waals surface area contributed by atoms with Crippen LogP contribution in [0.1, 0.15) is 5.69 Å². The summed E-state index contributed by atoms with van der Waals surface area (Å²) in [5.74, 6) is 0.578. The molecule has 9 heteroatoms. The summed E-state index contributed by atoms with van der Waals surface area (Å²) in [4.78, 5) is 25.3. The summed E-state index contributed by atoms with van der Waals surface area (Å²) in [5, 5.41) is 0. The van der Waals surface area contributed by atoms with Gasteiger partial charge in [0.1, 0.15) is 5.69 Å². The number of ether oxygens (including phenoxy) is 2. The number of aromatic amines is 1. The molecule has 0 spiro atoms. The molecule has 0 aliphatic carbocycles. The number of hydrogen-bond donors (Lipinski definition) is 1. The summed E-state index contributed by atoms with van der Waals surface area (Å²) in [6.07, 6.45) is -4.81. The van der Waals surface area contributed by atoms with Gasteiger partial charge in [-0.2, -0.15) is 13.2 Å². The molecule has 0 saturated heterocycles. The van der Waals surface area contributed by atoms with Gasteiger partial charge in [-0.3, -0.25) is 4.79 Å². The zero-order valence-electron chi connectivity index (χ0n) is 11.5. The number of nitrogens with one attached hydrogen (secondary N) is 1. The quantitative estimate of drug-likeness (QED) is 0.933. The Kier molecular flexibility index (Phi) is 3.98. The maximum Gasteiger partial charge on any atom is 0.431 e. The van der Waals surface area contributed by atoms with E-state index in [1.807, 2.05) is 0 Å². The van der Waals surface area contributed by atoms with Crippen LogP contribution in [0.5, 0.6) is 11.5 Å². The Morgan fingerprint density at radius 1 is 1.05 bits per heavy atom. The molecule has 0 atom stereocenters. The molecular weight excluding hydrogens is 305 g/mol. The number of hydrogen-bond acceptors (Lipinski definition) is 4. The Morgan fingerprint density at radius 3 is 2.18 bits per heavy atom. The maximum absolute atomic E-state index is 12.5. The van der Waals surface area contributed by atoms with Gasteiger partial charge in [0, 0.05) is 12.1 Å². The lowest BCUT2D eigenvalue weighted by Gasteiger charge is -2.11. The summed E-state index contributed by atoms with van der Waals surface area (Å²) >= 11 is 0. The Hall–Kier alpha value is -2.71. The van der Waals surface area contributed by atoms with Crippen molar-refractivity contribution in [2.75, 3.05) is 14.2 Å². The lowest BCUT2D eigenvalue weighted by atomic mass is 10.2. The van der Waals surface area contributed by atoms with Gasteiger partial charge >= 0.3 is 11.9 Å². The Morgan fingerprint density at radius 2 is 1.68 bits per heavy atom. The first-order valence-corrected chi connectivity index (χ1v) is 5.94. The zero-order valence-corrected chi connectivity index (χ0v) is 11.5. The fourth-order valence-corrected chi connectivity index (χ4v) is 1.86. The van der Waals surface area contributed by atoms with Crippen LogP contribution in [0, 0.1) is 0 Å². The van der Waals surface area contributed by atoms with E-state index in [9.17, 15) is 22.8 Å². The third kappa shape index (κ3) is 2.83. The highest BCUT2D eigenvalue weighted by Gasteiger charge is 2.33. The van der Waals surface area contributed by atoms with E-state index in [0.717, 1.165) is 0 Å². The summed E-state index contributed by atoms with van der Waals surface area (Å²) in [5.41, 5.74) is -3.66. The fraction of sp³-hybridized carbons (Fsp3) is 0.231. The maximum atomic E-state index is 12.5. The number of H-pyrrole nitrogens is 1. The van der Waals surface area contributed by atoms with Crippen molar-refractivity contribution >= 4 is 0 Å². The van der Waals surface area contributed by atoms with E-state index in [2.05, 4.69) is 0 Å². The highest BCUT2D eigenvalue weighted by molar-refractivity contribution is 5.48. The van der Waals surface area contributed by atoms with E-state index < -0.39 is 23.1 Å². The molecule has 0 radical (unpaired) electrons. The van der Waals surface area contributed by atoms with Crippen LogP contribution in [-0.4, -0.2) is 23.8 Å². The lowest BCUT2D eigenvalue weighted by molar-refractivity contribution is -0.141. The molecule has 0 aliphatic rings. The first-order valence-electron chi connectivity index (χ1n) is 5.94. The number of benzene rings is 1. The van der Waals surface area contributed by atoms with Crippen LogP contribution in [0.2, 0.25) is 0 Å². The second kappa shape index (κ2) is 5.58. The minimum Gasteiger partial charge on any atom is -0.493 e. The van der Waals surface area contributed by atoms with Crippen molar-refractivity contribution in [3.8, 4) is 17.2 Å². The third-order valence-corrected chi connectivity index (χ3v) is 2.86. The minimum absolute atomic E-state index is 0.0534. The molecule has 2 aromatic rings. The van der Waals surface area contributed by atoms with Crippen molar-refractivity contribution in [3.05, 3.63) is 50.8 Å². The van der Waals surface area contributed by atoms with Crippen LogP contribution < -0.4 is 20.7 Å². The Balaban J connectivity index is 2.64. The number of halogens is 3. The molecule has 1 aromatic heterocycles.